The molecule has 0 radical (unpaired) electrons. The van der Waals surface area contributed by atoms with E-state index in [9.17, 15) is 0 Å². The molecule has 0 N–H and O–H groups in total. The van der Waals surface area contributed by atoms with Crippen LogP contribution in [-0.4, -0.2) is 6.10 Å². The van der Waals surface area contributed by atoms with Gasteiger partial charge in [0.25, 0.3) is 0 Å². The van der Waals surface area contributed by atoms with Gasteiger partial charge >= 0.3 is 0 Å². The van der Waals surface area contributed by atoms with Crippen molar-refractivity contribution in [1.82, 2.24) is 0 Å². The molecule has 1 saturated heterocycles. The van der Waals surface area contributed by atoms with Crippen molar-refractivity contribution < 1.29 is 4.74 Å². The van der Waals surface area contributed by atoms with Crippen LogP contribution < -0.4 is 0 Å². The van der Waals surface area contributed by atoms with Crippen LogP contribution in [-0.2, 0) is 4.74 Å². The molecule has 82 valence electrons. The molecule has 0 bridgehead atoms. The summed E-state index contributed by atoms with van der Waals surface area (Å²) in [5.41, 5.74) is 1.26. The highest BCUT2D eigenvalue weighted by atomic mass is 35.5. The van der Waals surface area contributed by atoms with E-state index in [0.717, 1.165) is 11.4 Å². The molecule has 0 spiro atoms. The highest BCUT2D eigenvalue weighted by Crippen LogP contribution is 2.34. The normalized spacial score (nSPS) is 25.7. The lowest BCUT2D eigenvalue weighted by molar-refractivity contribution is 0.0397. The minimum Gasteiger partial charge on any atom is -0.370 e. The number of benzene rings is 1. The highest BCUT2D eigenvalue weighted by molar-refractivity contribution is 6.30. The second kappa shape index (κ2) is 5.00. The van der Waals surface area contributed by atoms with E-state index in [4.69, 9.17) is 16.3 Å². The third kappa shape index (κ3) is 2.73. The summed E-state index contributed by atoms with van der Waals surface area (Å²) in [6.07, 6.45) is 5.49. The Kier molecular flexibility index (Phi) is 3.66. The Balaban J connectivity index is 1.98. The second-order valence-corrected chi connectivity index (χ2v) is 4.60. The molecular formula is C13H17ClO. The van der Waals surface area contributed by atoms with Crippen LogP contribution in [0.5, 0.6) is 0 Å². The van der Waals surface area contributed by atoms with Crippen molar-refractivity contribution in [2.75, 3.05) is 0 Å². The van der Waals surface area contributed by atoms with E-state index in [1.54, 1.807) is 0 Å². The Morgan fingerprint density at radius 2 is 2.00 bits per heavy atom. The van der Waals surface area contributed by atoms with E-state index in [-0.39, 0.29) is 0 Å². The average Bonchev–Trinajstić information content (AvgIpc) is 2.68. The van der Waals surface area contributed by atoms with Crippen LogP contribution in [0.1, 0.15) is 44.3 Å². The quantitative estimate of drug-likeness (QED) is 0.741. The van der Waals surface area contributed by atoms with E-state index < -0.39 is 0 Å². The van der Waals surface area contributed by atoms with E-state index in [1.807, 2.05) is 12.1 Å². The van der Waals surface area contributed by atoms with Gasteiger partial charge in [0.05, 0.1) is 12.2 Å². The van der Waals surface area contributed by atoms with Gasteiger partial charge in [-0.25, -0.2) is 0 Å². The first-order valence-corrected chi connectivity index (χ1v) is 6.08. The van der Waals surface area contributed by atoms with Gasteiger partial charge in [0.2, 0.25) is 0 Å². The van der Waals surface area contributed by atoms with Crippen LogP contribution in [0.3, 0.4) is 0 Å². The molecule has 2 heteroatoms. The molecule has 2 rings (SSSR count). The maximum atomic E-state index is 5.98. The first-order chi connectivity index (χ1) is 7.29. The number of ether oxygens (including phenoxy) is 1. The molecule has 0 saturated carbocycles. The van der Waals surface area contributed by atoms with Gasteiger partial charge in [-0.2, -0.15) is 0 Å². The molecule has 0 aliphatic carbocycles. The fraction of sp³-hybridized carbons (Fsp3) is 0.538. The van der Waals surface area contributed by atoms with Gasteiger partial charge in [-0.15, -0.1) is 0 Å². The van der Waals surface area contributed by atoms with Crippen LogP contribution in [0, 0.1) is 0 Å². The Bertz CT molecular complexity index is 307. The Hall–Kier alpha value is -0.530. The molecule has 1 fully saturated rings. The fourth-order valence-electron chi connectivity index (χ4n) is 2.16. The van der Waals surface area contributed by atoms with E-state index >= 15 is 0 Å². The molecule has 2 unspecified atom stereocenters. The number of hydrogen-bond donors (Lipinski definition) is 0. The number of hydrogen-bond acceptors (Lipinski definition) is 1. The molecule has 1 nitrogen and oxygen atoms in total. The molecule has 1 aromatic rings. The zero-order valence-electron chi connectivity index (χ0n) is 9.08. The first kappa shape index (κ1) is 11.0. The molecule has 1 aromatic carbocycles. The predicted octanol–water partition coefficient (Wildman–Crippen LogP) is 4.36. The van der Waals surface area contributed by atoms with Crippen molar-refractivity contribution in [2.45, 2.75) is 44.8 Å². The standard InChI is InChI=1S/C13H17ClO/c1-2-3-12-8-9-13(15-12)10-4-6-11(14)7-5-10/h4-7,12-13H,2-3,8-9H2,1H3. The van der Waals surface area contributed by atoms with Gasteiger partial charge in [-0.05, 0) is 37.0 Å². The van der Waals surface area contributed by atoms with Gasteiger partial charge in [0, 0.05) is 5.02 Å². The topological polar surface area (TPSA) is 9.23 Å². The van der Waals surface area contributed by atoms with Crippen molar-refractivity contribution in [3.8, 4) is 0 Å². The minimum atomic E-state index is 0.291. The summed E-state index contributed by atoms with van der Waals surface area (Å²) in [6, 6.07) is 8.02. The summed E-state index contributed by atoms with van der Waals surface area (Å²) in [7, 11) is 0. The molecule has 15 heavy (non-hydrogen) atoms. The van der Waals surface area contributed by atoms with Crippen LogP contribution in [0.15, 0.2) is 24.3 Å². The van der Waals surface area contributed by atoms with Crippen LogP contribution >= 0.6 is 11.6 Å². The molecule has 1 aliphatic heterocycles. The SMILES string of the molecule is CCCC1CCC(c2ccc(Cl)cc2)O1. The van der Waals surface area contributed by atoms with Crippen LogP contribution in [0.25, 0.3) is 0 Å². The Labute approximate surface area is 96.4 Å². The predicted molar refractivity (Wildman–Crippen MR) is 63.2 cm³/mol. The Morgan fingerprint density at radius 1 is 1.27 bits per heavy atom. The smallest absolute Gasteiger partial charge is 0.0829 e. The van der Waals surface area contributed by atoms with Crippen molar-refractivity contribution >= 4 is 11.6 Å². The van der Waals surface area contributed by atoms with Gasteiger partial charge in [0.1, 0.15) is 0 Å². The lowest BCUT2D eigenvalue weighted by atomic mass is 10.1. The van der Waals surface area contributed by atoms with Crippen LogP contribution in [0.2, 0.25) is 5.02 Å². The van der Waals surface area contributed by atoms with Gasteiger partial charge in [-0.3, -0.25) is 0 Å². The second-order valence-electron chi connectivity index (χ2n) is 4.16. The lowest BCUT2D eigenvalue weighted by Gasteiger charge is -2.13. The van der Waals surface area contributed by atoms with Crippen molar-refractivity contribution in [3.63, 3.8) is 0 Å². The summed E-state index contributed by atoms with van der Waals surface area (Å²) in [6.45, 7) is 2.21. The fourth-order valence-corrected chi connectivity index (χ4v) is 2.29. The van der Waals surface area contributed by atoms with Gasteiger partial charge < -0.3 is 4.74 Å². The first-order valence-electron chi connectivity index (χ1n) is 5.70. The van der Waals surface area contributed by atoms with Crippen LogP contribution in [0.4, 0.5) is 0 Å². The maximum absolute atomic E-state index is 5.98. The third-order valence-electron chi connectivity index (χ3n) is 2.96. The number of halogens is 1. The third-order valence-corrected chi connectivity index (χ3v) is 3.21. The monoisotopic (exact) mass is 224 g/mol. The molecular weight excluding hydrogens is 208 g/mol. The van der Waals surface area contributed by atoms with Crippen molar-refractivity contribution in [2.24, 2.45) is 0 Å². The van der Waals surface area contributed by atoms with E-state index in [0.29, 0.717) is 12.2 Å². The van der Waals surface area contributed by atoms with Crippen molar-refractivity contribution in [3.05, 3.63) is 34.9 Å². The van der Waals surface area contributed by atoms with Crippen molar-refractivity contribution in [1.29, 1.82) is 0 Å². The highest BCUT2D eigenvalue weighted by Gasteiger charge is 2.25. The largest absolute Gasteiger partial charge is 0.370 e. The molecule has 1 aliphatic rings. The van der Waals surface area contributed by atoms with Gasteiger partial charge in [0.15, 0.2) is 0 Å². The van der Waals surface area contributed by atoms with E-state index in [1.165, 1.54) is 24.8 Å². The summed E-state index contributed by atoms with van der Waals surface area (Å²) in [5, 5.41) is 0.793. The summed E-state index contributed by atoms with van der Waals surface area (Å²) in [4.78, 5) is 0. The van der Waals surface area contributed by atoms with E-state index in [2.05, 4.69) is 19.1 Å². The summed E-state index contributed by atoms with van der Waals surface area (Å²) < 4.78 is 5.98. The summed E-state index contributed by atoms with van der Waals surface area (Å²) >= 11 is 5.86. The molecule has 2 atom stereocenters. The molecule has 0 amide bonds. The Morgan fingerprint density at radius 3 is 2.67 bits per heavy atom. The zero-order chi connectivity index (χ0) is 10.7. The summed E-state index contributed by atoms with van der Waals surface area (Å²) in [5.74, 6) is 0. The zero-order valence-corrected chi connectivity index (χ0v) is 9.83. The number of rotatable bonds is 3. The molecule has 0 aromatic heterocycles. The van der Waals surface area contributed by atoms with Gasteiger partial charge in [-0.1, -0.05) is 37.1 Å². The maximum Gasteiger partial charge on any atom is 0.0829 e. The molecule has 1 heterocycles. The lowest BCUT2D eigenvalue weighted by Crippen LogP contribution is -2.05. The minimum absolute atomic E-state index is 0.291. The average molecular weight is 225 g/mol.